The second kappa shape index (κ2) is 12.0. The van der Waals surface area contributed by atoms with Gasteiger partial charge in [-0.2, -0.15) is 0 Å². The summed E-state index contributed by atoms with van der Waals surface area (Å²) >= 11 is 18.7. The van der Waals surface area contributed by atoms with Gasteiger partial charge >= 0.3 is 0 Å². The lowest BCUT2D eigenvalue weighted by atomic mass is 9.77. The summed E-state index contributed by atoms with van der Waals surface area (Å²) in [5.41, 5.74) is 1.04. The standard InChI is InChI=1S/C27H34Cl3N3O2/c1-19(34)32(4)23-10-13-33(14-11-23)15-12-27(2,21-8-9-24(29)25(30)17-21)26(35)31(3)18-20-6-5-7-22(28)16-20/h5-9,16-17,23H,10-15,18H2,1-4H3. The molecule has 1 aliphatic rings. The number of amides is 2. The van der Waals surface area contributed by atoms with E-state index in [0.717, 1.165) is 43.6 Å². The Bertz CT molecular complexity index is 1060. The quantitative estimate of drug-likeness (QED) is 0.421. The first-order valence-corrected chi connectivity index (χ1v) is 13.1. The maximum absolute atomic E-state index is 13.9. The summed E-state index contributed by atoms with van der Waals surface area (Å²) in [6, 6.07) is 13.3. The van der Waals surface area contributed by atoms with E-state index in [0.29, 0.717) is 28.0 Å². The van der Waals surface area contributed by atoms with Gasteiger partial charge in [0.2, 0.25) is 11.8 Å². The monoisotopic (exact) mass is 537 g/mol. The minimum Gasteiger partial charge on any atom is -0.343 e. The highest BCUT2D eigenvalue weighted by Gasteiger charge is 2.38. The number of benzene rings is 2. The third-order valence-corrected chi connectivity index (χ3v) is 8.19. The van der Waals surface area contributed by atoms with Gasteiger partial charge in [-0.25, -0.2) is 0 Å². The Kier molecular flexibility index (Phi) is 9.50. The van der Waals surface area contributed by atoms with E-state index in [1.165, 1.54) is 0 Å². The summed E-state index contributed by atoms with van der Waals surface area (Å²) in [6.45, 7) is 6.61. The highest BCUT2D eigenvalue weighted by molar-refractivity contribution is 6.42. The van der Waals surface area contributed by atoms with Crippen LogP contribution in [0.25, 0.3) is 0 Å². The summed E-state index contributed by atoms with van der Waals surface area (Å²) in [4.78, 5) is 31.6. The molecule has 2 aromatic rings. The first-order valence-electron chi connectivity index (χ1n) is 11.9. The van der Waals surface area contributed by atoms with Crippen LogP contribution in [0.4, 0.5) is 0 Å². The Morgan fingerprint density at radius 3 is 2.31 bits per heavy atom. The summed E-state index contributed by atoms with van der Waals surface area (Å²) in [7, 11) is 3.69. The molecular formula is C27H34Cl3N3O2. The topological polar surface area (TPSA) is 43.9 Å². The van der Waals surface area contributed by atoms with Gasteiger partial charge in [0.25, 0.3) is 0 Å². The number of carbonyl (C=O) groups is 2. The number of hydrogen-bond acceptors (Lipinski definition) is 3. The maximum Gasteiger partial charge on any atom is 0.233 e. The van der Waals surface area contributed by atoms with Crippen LogP contribution >= 0.6 is 34.8 Å². The van der Waals surface area contributed by atoms with Gasteiger partial charge in [-0.3, -0.25) is 9.59 Å². The van der Waals surface area contributed by atoms with Crippen LogP contribution in [0.1, 0.15) is 44.2 Å². The summed E-state index contributed by atoms with van der Waals surface area (Å²) < 4.78 is 0. The van der Waals surface area contributed by atoms with Gasteiger partial charge in [0.05, 0.1) is 15.5 Å². The smallest absolute Gasteiger partial charge is 0.233 e. The van der Waals surface area contributed by atoms with Crippen LogP contribution in [-0.4, -0.2) is 66.3 Å². The Hall–Kier alpha value is -1.79. The molecule has 0 saturated carbocycles. The summed E-state index contributed by atoms with van der Waals surface area (Å²) in [5, 5.41) is 1.55. The molecule has 1 aliphatic heterocycles. The van der Waals surface area contributed by atoms with Gasteiger partial charge in [0.1, 0.15) is 0 Å². The molecule has 0 spiro atoms. The van der Waals surface area contributed by atoms with Gasteiger partial charge in [-0.1, -0.05) is 53.0 Å². The van der Waals surface area contributed by atoms with Crippen LogP contribution in [0.5, 0.6) is 0 Å². The fraction of sp³-hybridized carbons (Fsp3) is 0.481. The van der Waals surface area contributed by atoms with Gasteiger partial charge in [0, 0.05) is 51.7 Å². The third-order valence-electron chi connectivity index (χ3n) is 7.21. The molecule has 0 aliphatic carbocycles. The van der Waals surface area contributed by atoms with Crippen LogP contribution < -0.4 is 0 Å². The van der Waals surface area contributed by atoms with Crippen LogP contribution in [0.3, 0.4) is 0 Å². The Labute approximate surface area is 223 Å². The Balaban J connectivity index is 1.76. The predicted octanol–water partition coefficient (Wildman–Crippen LogP) is 5.90. The maximum atomic E-state index is 13.9. The molecule has 190 valence electrons. The van der Waals surface area contributed by atoms with Gasteiger partial charge in [-0.05, 0) is 68.1 Å². The number of carbonyl (C=O) groups excluding carboxylic acids is 2. The minimum absolute atomic E-state index is 0.0158. The van der Waals surface area contributed by atoms with Crippen molar-refractivity contribution in [2.45, 2.75) is 51.1 Å². The zero-order chi connectivity index (χ0) is 25.8. The normalized spacial score (nSPS) is 16.5. The number of piperidine rings is 1. The number of halogens is 3. The molecule has 1 fully saturated rings. The lowest BCUT2D eigenvalue weighted by Gasteiger charge is -2.39. The van der Waals surface area contributed by atoms with Crippen molar-refractivity contribution >= 4 is 46.6 Å². The lowest BCUT2D eigenvalue weighted by Crippen LogP contribution is -2.48. The Morgan fingerprint density at radius 1 is 1.03 bits per heavy atom. The van der Waals surface area contributed by atoms with Crippen LogP contribution in [0.2, 0.25) is 15.1 Å². The van der Waals surface area contributed by atoms with Gasteiger partial charge in [-0.15, -0.1) is 0 Å². The SMILES string of the molecule is CC(=O)N(C)C1CCN(CCC(C)(C(=O)N(C)Cc2cccc(Cl)c2)c2ccc(Cl)c(Cl)c2)CC1. The summed E-state index contributed by atoms with van der Waals surface area (Å²) in [5.74, 6) is 0.117. The van der Waals surface area contributed by atoms with Crippen molar-refractivity contribution in [2.75, 3.05) is 33.7 Å². The predicted molar refractivity (Wildman–Crippen MR) is 144 cm³/mol. The van der Waals surface area contributed by atoms with Crippen molar-refractivity contribution in [1.29, 1.82) is 0 Å². The molecule has 0 bridgehead atoms. The highest BCUT2D eigenvalue weighted by atomic mass is 35.5. The van der Waals surface area contributed by atoms with Gasteiger partial charge < -0.3 is 14.7 Å². The molecule has 8 heteroatoms. The fourth-order valence-corrected chi connectivity index (χ4v) is 5.30. The molecule has 2 amide bonds. The second-order valence-corrected chi connectivity index (χ2v) is 11.0. The average molecular weight is 539 g/mol. The van der Waals surface area contributed by atoms with Crippen molar-refractivity contribution in [3.8, 4) is 0 Å². The summed E-state index contributed by atoms with van der Waals surface area (Å²) in [6.07, 6.45) is 2.50. The second-order valence-electron chi connectivity index (χ2n) is 9.70. The van der Waals surface area contributed by atoms with E-state index in [-0.39, 0.29) is 17.9 Å². The van der Waals surface area contributed by atoms with Crippen LogP contribution in [0, 0.1) is 0 Å². The fourth-order valence-electron chi connectivity index (χ4n) is 4.79. The Morgan fingerprint density at radius 2 is 1.71 bits per heavy atom. The van der Waals surface area contributed by atoms with Gasteiger partial charge in [0.15, 0.2) is 0 Å². The molecule has 35 heavy (non-hydrogen) atoms. The molecule has 3 rings (SSSR count). The molecule has 0 radical (unpaired) electrons. The van der Waals surface area contributed by atoms with Crippen LogP contribution in [0.15, 0.2) is 42.5 Å². The molecule has 1 heterocycles. The molecule has 0 aromatic heterocycles. The molecule has 5 nitrogen and oxygen atoms in total. The first kappa shape index (κ1) is 27.8. The van der Waals surface area contributed by atoms with E-state index >= 15 is 0 Å². The first-order chi connectivity index (χ1) is 16.5. The van der Waals surface area contributed by atoms with E-state index < -0.39 is 5.41 Å². The van der Waals surface area contributed by atoms with E-state index in [1.54, 1.807) is 17.9 Å². The molecule has 1 saturated heterocycles. The number of hydrogen-bond donors (Lipinski definition) is 0. The van der Waals surface area contributed by atoms with Crippen molar-refractivity contribution in [1.82, 2.24) is 14.7 Å². The molecule has 2 aromatic carbocycles. The number of rotatable bonds is 8. The van der Waals surface area contributed by atoms with E-state index in [2.05, 4.69) is 4.90 Å². The molecule has 1 unspecified atom stereocenters. The zero-order valence-corrected chi connectivity index (χ0v) is 23.1. The zero-order valence-electron chi connectivity index (χ0n) is 20.9. The molecule has 0 N–H and O–H groups in total. The van der Waals surface area contributed by atoms with Crippen molar-refractivity contribution < 1.29 is 9.59 Å². The largest absolute Gasteiger partial charge is 0.343 e. The number of likely N-dealkylation sites (N-methyl/N-ethyl adjacent to an activating group) is 1. The number of nitrogens with zero attached hydrogens (tertiary/aromatic N) is 3. The lowest BCUT2D eigenvalue weighted by molar-refractivity contribution is -0.136. The van der Waals surface area contributed by atoms with Crippen molar-refractivity contribution in [2.24, 2.45) is 0 Å². The minimum atomic E-state index is -0.783. The van der Waals surface area contributed by atoms with E-state index in [9.17, 15) is 9.59 Å². The third kappa shape index (κ3) is 6.91. The molecule has 1 atom stereocenters. The van der Waals surface area contributed by atoms with Crippen molar-refractivity contribution in [3.63, 3.8) is 0 Å². The average Bonchev–Trinajstić information content (AvgIpc) is 2.83. The van der Waals surface area contributed by atoms with Crippen molar-refractivity contribution in [3.05, 3.63) is 68.7 Å². The van der Waals surface area contributed by atoms with E-state index in [1.807, 2.05) is 62.3 Å². The molecular weight excluding hydrogens is 505 g/mol. The highest BCUT2D eigenvalue weighted by Crippen LogP contribution is 2.35. The number of likely N-dealkylation sites (tertiary alicyclic amines) is 1. The van der Waals surface area contributed by atoms with Crippen LogP contribution in [-0.2, 0) is 21.5 Å². The van der Waals surface area contributed by atoms with E-state index in [4.69, 9.17) is 34.8 Å².